The quantitative estimate of drug-likeness (QED) is 0.842. The second kappa shape index (κ2) is 7.23. The van der Waals surface area contributed by atoms with Crippen LogP contribution < -0.4 is 5.32 Å². The summed E-state index contributed by atoms with van der Waals surface area (Å²) in [5, 5.41) is 2.76. The number of allylic oxidation sites excluding steroid dienone is 1. The van der Waals surface area contributed by atoms with E-state index in [1.54, 1.807) is 6.92 Å². The minimum atomic E-state index is -0.686. The lowest BCUT2D eigenvalue weighted by Crippen LogP contribution is -2.48. The van der Waals surface area contributed by atoms with Crippen LogP contribution in [0.2, 0.25) is 0 Å². The van der Waals surface area contributed by atoms with Crippen LogP contribution in [0, 0.1) is 5.82 Å². The first-order chi connectivity index (χ1) is 11.0. The molecular weight excluding hydrogens is 303 g/mol. The number of methoxy groups -OCH3 is 2. The topological polar surface area (TPSA) is 67.9 Å². The number of benzene rings is 1. The third-order valence-electron chi connectivity index (χ3n) is 3.72. The predicted octanol–water partition coefficient (Wildman–Crippen LogP) is 1.99. The molecule has 124 valence electrons. The van der Waals surface area contributed by atoms with E-state index in [-0.39, 0.29) is 6.03 Å². The summed E-state index contributed by atoms with van der Waals surface area (Å²) < 4.78 is 22.9. The predicted molar refractivity (Wildman–Crippen MR) is 81.0 cm³/mol. The Kier molecular flexibility index (Phi) is 5.33. The Labute approximate surface area is 133 Å². The zero-order chi connectivity index (χ0) is 17.0. The molecule has 7 heteroatoms. The Morgan fingerprint density at radius 2 is 1.96 bits per heavy atom. The Balaban J connectivity index is 2.45. The van der Waals surface area contributed by atoms with Gasteiger partial charge in [-0.1, -0.05) is 12.1 Å². The van der Waals surface area contributed by atoms with E-state index < -0.39 is 17.8 Å². The normalized spacial score (nSPS) is 18.0. The van der Waals surface area contributed by atoms with Crippen LogP contribution in [0.4, 0.5) is 9.18 Å². The van der Waals surface area contributed by atoms with E-state index in [4.69, 9.17) is 9.47 Å². The van der Waals surface area contributed by atoms with Gasteiger partial charge in [0.15, 0.2) is 0 Å². The van der Waals surface area contributed by atoms with Crippen molar-refractivity contribution in [1.29, 1.82) is 0 Å². The molecule has 0 bridgehead atoms. The number of esters is 1. The van der Waals surface area contributed by atoms with Crippen LogP contribution in [0.25, 0.3) is 0 Å². The first kappa shape index (κ1) is 17.0. The molecule has 0 saturated carbocycles. The number of ether oxygens (including phenoxy) is 2. The van der Waals surface area contributed by atoms with Gasteiger partial charge < -0.3 is 14.8 Å². The van der Waals surface area contributed by atoms with Gasteiger partial charge in [0.25, 0.3) is 0 Å². The third-order valence-corrected chi connectivity index (χ3v) is 3.72. The smallest absolute Gasteiger partial charge is 0.337 e. The molecule has 0 spiro atoms. The highest BCUT2D eigenvalue weighted by molar-refractivity contribution is 5.94. The molecule has 1 heterocycles. The third kappa shape index (κ3) is 3.50. The molecule has 6 nitrogen and oxygen atoms in total. The molecule has 1 aromatic rings. The lowest BCUT2D eigenvalue weighted by Gasteiger charge is -2.35. The molecule has 0 fully saturated rings. The van der Waals surface area contributed by atoms with Crippen molar-refractivity contribution in [2.75, 3.05) is 27.4 Å². The number of rotatable bonds is 5. The van der Waals surface area contributed by atoms with Crippen molar-refractivity contribution in [2.24, 2.45) is 0 Å². The van der Waals surface area contributed by atoms with Crippen LogP contribution in [0.5, 0.6) is 0 Å². The maximum Gasteiger partial charge on any atom is 0.337 e. The molecule has 0 aliphatic carbocycles. The van der Waals surface area contributed by atoms with E-state index in [2.05, 4.69) is 5.32 Å². The number of urea groups is 1. The summed E-state index contributed by atoms with van der Waals surface area (Å²) in [4.78, 5) is 25.9. The van der Waals surface area contributed by atoms with E-state index in [0.29, 0.717) is 30.0 Å². The van der Waals surface area contributed by atoms with Gasteiger partial charge in [0.1, 0.15) is 5.82 Å². The summed E-state index contributed by atoms with van der Waals surface area (Å²) in [6.45, 7) is 2.32. The number of hydrogen-bond donors (Lipinski definition) is 1. The highest BCUT2D eigenvalue weighted by atomic mass is 19.1. The fourth-order valence-electron chi connectivity index (χ4n) is 2.51. The molecule has 0 radical (unpaired) electrons. The van der Waals surface area contributed by atoms with Gasteiger partial charge in [-0.05, 0) is 24.6 Å². The monoisotopic (exact) mass is 322 g/mol. The van der Waals surface area contributed by atoms with Crippen molar-refractivity contribution in [3.63, 3.8) is 0 Å². The SMILES string of the molecule is COCCN1C(=O)NC(c2ccc(F)cc2)C(C(=O)OC)=C1C. The lowest BCUT2D eigenvalue weighted by atomic mass is 9.95. The van der Waals surface area contributed by atoms with Crippen molar-refractivity contribution in [3.8, 4) is 0 Å². The fraction of sp³-hybridized carbons (Fsp3) is 0.375. The van der Waals surface area contributed by atoms with Crippen LogP contribution in [0.1, 0.15) is 18.5 Å². The lowest BCUT2D eigenvalue weighted by molar-refractivity contribution is -0.136. The van der Waals surface area contributed by atoms with Gasteiger partial charge in [-0.3, -0.25) is 4.90 Å². The van der Waals surface area contributed by atoms with Crippen molar-refractivity contribution < 1.29 is 23.5 Å². The van der Waals surface area contributed by atoms with Gasteiger partial charge in [-0.2, -0.15) is 0 Å². The Morgan fingerprint density at radius 1 is 1.30 bits per heavy atom. The minimum absolute atomic E-state index is 0.310. The van der Waals surface area contributed by atoms with Crippen LogP contribution in [0.3, 0.4) is 0 Å². The zero-order valence-corrected chi connectivity index (χ0v) is 13.3. The molecule has 1 atom stereocenters. The second-order valence-corrected chi connectivity index (χ2v) is 5.07. The average molecular weight is 322 g/mol. The number of amides is 2. The second-order valence-electron chi connectivity index (χ2n) is 5.07. The van der Waals surface area contributed by atoms with Crippen molar-refractivity contribution in [2.45, 2.75) is 13.0 Å². The number of halogens is 1. The minimum Gasteiger partial charge on any atom is -0.466 e. The molecule has 1 N–H and O–H groups in total. The van der Waals surface area contributed by atoms with Crippen molar-refractivity contribution >= 4 is 12.0 Å². The molecular formula is C16H19FN2O4. The van der Waals surface area contributed by atoms with E-state index in [1.807, 2.05) is 0 Å². The number of nitrogens with one attached hydrogen (secondary N) is 1. The summed E-state index contributed by atoms with van der Waals surface area (Å²) in [6, 6.07) is 4.59. The maximum absolute atomic E-state index is 13.1. The number of hydrogen-bond acceptors (Lipinski definition) is 4. The maximum atomic E-state index is 13.1. The van der Waals surface area contributed by atoms with Crippen LogP contribution in [-0.4, -0.2) is 44.3 Å². The summed E-state index contributed by atoms with van der Waals surface area (Å²) in [7, 11) is 2.81. The molecule has 2 rings (SSSR count). The molecule has 2 amide bonds. The molecule has 1 aliphatic heterocycles. The molecule has 0 saturated heterocycles. The summed E-state index contributed by atoms with van der Waals surface area (Å²) in [5.74, 6) is -0.933. The summed E-state index contributed by atoms with van der Waals surface area (Å²) in [5.41, 5.74) is 1.41. The van der Waals surface area contributed by atoms with Crippen molar-refractivity contribution in [3.05, 3.63) is 46.9 Å². The Hall–Kier alpha value is -2.41. The molecule has 0 aromatic heterocycles. The van der Waals surface area contributed by atoms with Gasteiger partial charge in [-0.15, -0.1) is 0 Å². The number of carbonyl (C=O) groups is 2. The molecule has 23 heavy (non-hydrogen) atoms. The Morgan fingerprint density at radius 3 is 2.52 bits per heavy atom. The van der Waals surface area contributed by atoms with Gasteiger partial charge in [-0.25, -0.2) is 14.0 Å². The standard InChI is InChI=1S/C16H19FN2O4/c1-10-13(15(20)23-3)14(11-4-6-12(17)7-5-11)18-16(21)19(10)8-9-22-2/h4-7,14H,8-9H2,1-3H3,(H,18,21). The largest absolute Gasteiger partial charge is 0.466 e. The van der Waals surface area contributed by atoms with E-state index in [1.165, 1.54) is 43.4 Å². The summed E-state index contributed by atoms with van der Waals surface area (Å²) >= 11 is 0. The van der Waals surface area contributed by atoms with Crippen molar-refractivity contribution in [1.82, 2.24) is 10.2 Å². The molecule has 1 aromatic carbocycles. The average Bonchev–Trinajstić information content (AvgIpc) is 2.54. The first-order valence-corrected chi connectivity index (χ1v) is 7.11. The van der Waals surface area contributed by atoms with Gasteiger partial charge in [0.2, 0.25) is 0 Å². The van der Waals surface area contributed by atoms with Crippen LogP contribution in [-0.2, 0) is 14.3 Å². The van der Waals surface area contributed by atoms with E-state index in [0.717, 1.165) is 0 Å². The van der Waals surface area contributed by atoms with Gasteiger partial charge >= 0.3 is 12.0 Å². The zero-order valence-electron chi connectivity index (χ0n) is 13.3. The number of carbonyl (C=O) groups excluding carboxylic acids is 2. The fourth-order valence-corrected chi connectivity index (χ4v) is 2.51. The highest BCUT2D eigenvalue weighted by Gasteiger charge is 2.35. The van der Waals surface area contributed by atoms with Crippen LogP contribution in [0.15, 0.2) is 35.5 Å². The van der Waals surface area contributed by atoms with Crippen LogP contribution >= 0.6 is 0 Å². The van der Waals surface area contributed by atoms with Gasteiger partial charge in [0, 0.05) is 12.8 Å². The molecule has 1 unspecified atom stereocenters. The van der Waals surface area contributed by atoms with E-state index >= 15 is 0 Å². The summed E-state index contributed by atoms with van der Waals surface area (Å²) in [6.07, 6.45) is 0. The first-order valence-electron chi connectivity index (χ1n) is 7.11. The van der Waals surface area contributed by atoms with Gasteiger partial charge in [0.05, 0.1) is 31.9 Å². The van der Waals surface area contributed by atoms with E-state index in [9.17, 15) is 14.0 Å². The Bertz CT molecular complexity index is 627. The number of nitrogens with zero attached hydrogens (tertiary/aromatic N) is 1. The highest BCUT2D eigenvalue weighted by Crippen LogP contribution is 2.31. The molecule has 1 aliphatic rings.